The summed E-state index contributed by atoms with van der Waals surface area (Å²) in [5, 5.41) is 0. The first-order chi connectivity index (χ1) is 8.94. The predicted octanol–water partition coefficient (Wildman–Crippen LogP) is 3.16. The van der Waals surface area contributed by atoms with Gasteiger partial charge in [-0.25, -0.2) is 9.59 Å². The first kappa shape index (κ1) is 17.1. The lowest BCUT2D eigenvalue weighted by Gasteiger charge is -2.39. The summed E-state index contributed by atoms with van der Waals surface area (Å²) in [5.74, 6) is -1.26. The van der Waals surface area contributed by atoms with Crippen LogP contribution in [0.5, 0.6) is 0 Å². The van der Waals surface area contributed by atoms with Gasteiger partial charge in [0.05, 0.1) is 19.0 Å². The third-order valence-electron chi connectivity index (χ3n) is 3.65. The first-order valence-electron chi connectivity index (χ1n) is 6.54. The van der Waals surface area contributed by atoms with Gasteiger partial charge in [0, 0.05) is 4.91 Å². The van der Waals surface area contributed by atoms with E-state index in [-0.39, 0.29) is 21.2 Å². The van der Waals surface area contributed by atoms with Gasteiger partial charge in [-0.05, 0) is 10.8 Å². The number of hydrogen-bond acceptors (Lipinski definition) is 5. The number of ether oxygens (including phenoxy) is 2. The monoisotopic (exact) mass is 300 g/mol. The summed E-state index contributed by atoms with van der Waals surface area (Å²) in [6, 6.07) is 0. The standard InChI is InChI=1S/C15H24O4S/c1-13(2,3)15(14(4,5)6)10(20-15)9(11(16)18-7)12(17)19-8/h1-8H3. The van der Waals surface area contributed by atoms with Crippen LogP contribution < -0.4 is 0 Å². The number of carbonyl (C=O) groups excluding carboxylic acids is 2. The normalized spacial score (nSPS) is 17.5. The van der Waals surface area contributed by atoms with E-state index in [1.165, 1.54) is 14.2 Å². The molecule has 0 saturated carbocycles. The van der Waals surface area contributed by atoms with Crippen LogP contribution in [0, 0.1) is 10.8 Å². The largest absolute Gasteiger partial charge is 0.465 e. The van der Waals surface area contributed by atoms with E-state index in [9.17, 15) is 9.59 Å². The molecule has 0 atom stereocenters. The quantitative estimate of drug-likeness (QED) is 0.258. The number of methoxy groups -OCH3 is 2. The van der Waals surface area contributed by atoms with Gasteiger partial charge in [-0.15, -0.1) is 11.8 Å². The van der Waals surface area contributed by atoms with Crippen LogP contribution in [0.15, 0.2) is 10.5 Å². The van der Waals surface area contributed by atoms with Crippen molar-refractivity contribution in [3.8, 4) is 0 Å². The minimum absolute atomic E-state index is 0.0323. The van der Waals surface area contributed by atoms with Crippen molar-refractivity contribution < 1.29 is 19.1 Å². The summed E-state index contributed by atoms with van der Waals surface area (Å²) in [4.78, 5) is 24.7. The second kappa shape index (κ2) is 5.10. The fourth-order valence-corrected chi connectivity index (χ4v) is 4.79. The summed E-state index contributed by atoms with van der Waals surface area (Å²) in [5.41, 5.74) is -0.165. The van der Waals surface area contributed by atoms with Crippen molar-refractivity contribution in [2.75, 3.05) is 14.2 Å². The van der Waals surface area contributed by atoms with Crippen LogP contribution in [0.2, 0.25) is 0 Å². The van der Waals surface area contributed by atoms with Crippen molar-refractivity contribution in [3.05, 3.63) is 10.5 Å². The molecule has 1 fully saturated rings. The maximum Gasteiger partial charge on any atom is 0.346 e. The Morgan fingerprint density at radius 3 is 1.45 bits per heavy atom. The topological polar surface area (TPSA) is 52.6 Å². The average Bonchev–Trinajstić information content (AvgIpc) is 3.04. The zero-order valence-electron chi connectivity index (χ0n) is 13.5. The highest BCUT2D eigenvalue weighted by Gasteiger charge is 2.67. The van der Waals surface area contributed by atoms with E-state index in [4.69, 9.17) is 9.47 Å². The molecule has 0 N–H and O–H groups in total. The van der Waals surface area contributed by atoms with Crippen LogP contribution in [0.3, 0.4) is 0 Å². The van der Waals surface area contributed by atoms with Crippen LogP contribution in [-0.4, -0.2) is 30.9 Å². The van der Waals surface area contributed by atoms with E-state index in [0.717, 1.165) is 4.91 Å². The SMILES string of the molecule is COC(=O)C(C(=O)OC)=C1SC1(C(C)(C)C)C(C)(C)C. The minimum Gasteiger partial charge on any atom is -0.465 e. The molecule has 1 aliphatic heterocycles. The van der Waals surface area contributed by atoms with Crippen molar-refractivity contribution >= 4 is 23.7 Å². The molecule has 114 valence electrons. The van der Waals surface area contributed by atoms with Gasteiger partial charge in [-0.2, -0.15) is 0 Å². The Morgan fingerprint density at radius 2 is 1.25 bits per heavy atom. The molecule has 0 aliphatic carbocycles. The molecule has 1 heterocycles. The fourth-order valence-electron chi connectivity index (χ4n) is 2.94. The van der Waals surface area contributed by atoms with Gasteiger partial charge in [0.15, 0.2) is 5.57 Å². The molecule has 1 aliphatic rings. The lowest BCUT2D eigenvalue weighted by molar-refractivity contribution is -0.144. The van der Waals surface area contributed by atoms with E-state index < -0.39 is 11.9 Å². The number of hydrogen-bond donors (Lipinski definition) is 0. The highest BCUT2D eigenvalue weighted by atomic mass is 32.2. The number of esters is 2. The highest BCUT2D eigenvalue weighted by Crippen LogP contribution is 2.74. The minimum atomic E-state index is -0.630. The second-order valence-corrected chi connectivity index (χ2v) is 8.20. The third-order valence-corrected chi connectivity index (χ3v) is 5.90. The average molecular weight is 300 g/mol. The van der Waals surface area contributed by atoms with Gasteiger partial charge < -0.3 is 9.47 Å². The van der Waals surface area contributed by atoms with E-state index in [1.807, 2.05) is 0 Å². The summed E-state index contributed by atoms with van der Waals surface area (Å²) >= 11 is 1.57. The highest BCUT2D eigenvalue weighted by molar-refractivity contribution is 8.13. The van der Waals surface area contributed by atoms with Gasteiger partial charge in [-0.1, -0.05) is 41.5 Å². The van der Waals surface area contributed by atoms with Gasteiger partial charge >= 0.3 is 11.9 Å². The molecule has 1 rings (SSSR count). The number of thioether (sulfide) groups is 1. The first-order valence-corrected chi connectivity index (χ1v) is 7.36. The maximum atomic E-state index is 11.9. The van der Waals surface area contributed by atoms with E-state index >= 15 is 0 Å². The smallest absolute Gasteiger partial charge is 0.346 e. The molecule has 0 radical (unpaired) electrons. The van der Waals surface area contributed by atoms with Crippen LogP contribution in [0.4, 0.5) is 0 Å². The molecule has 4 nitrogen and oxygen atoms in total. The number of rotatable bonds is 2. The Hall–Kier alpha value is -0.970. The van der Waals surface area contributed by atoms with Crippen LogP contribution >= 0.6 is 11.8 Å². The van der Waals surface area contributed by atoms with Crippen molar-refractivity contribution in [2.24, 2.45) is 10.8 Å². The summed E-state index contributed by atoms with van der Waals surface area (Å²) in [6.45, 7) is 12.7. The molecule has 0 spiro atoms. The molecule has 0 aromatic heterocycles. The van der Waals surface area contributed by atoms with Crippen molar-refractivity contribution in [1.29, 1.82) is 0 Å². The Bertz CT molecular complexity index is 431. The maximum absolute atomic E-state index is 11.9. The number of carbonyl (C=O) groups is 2. The molecule has 1 saturated heterocycles. The predicted molar refractivity (Wildman–Crippen MR) is 80.3 cm³/mol. The van der Waals surface area contributed by atoms with Crippen molar-refractivity contribution in [1.82, 2.24) is 0 Å². The molecule has 0 aromatic carbocycles. The summed E-state index contributed by atoms with van der Waals surface area (Å²) in [6.07, 6.45) is 0. The lowest BCUT2D eigenvalue weighted by atomic mass is 9.66. The van der Waals surface area contributed by atoms with Crippen LogP contribution in [0.25, 0.3) is 0 Å². The fraction of sp³-hybridized carbons (Fsp3) is 0.733. The van der Waals surface area contributed by atoms with Crippen molar-refractivity contribution in [3.63, 3.8) is 0 Å². The third kappa shape index (κ3) is 2.48. The summed E-state index contributed by atoms with van der Waals surface area (Å²) < 4.78 is 9.21. The van der Waals surface area contributed by atoms with Gasteiger partial charge in [0.1, 0.15) is 0 Å². The summed E-state index contributed by atoms with van der Waals surface area (Å²) in [7, 11) is 2.55. The lowest BCUT2D eigenvalue weighted by Crippen LogP contribution is -2.41. The molecule has 20 heavy (non-hydrogen) atoms. The molecular formula is C15H24O4S. The molecule has 0 amide bonds. The van der Waals surface area contributed by atoms with E-state index in [0.29, 0.717) is 0 Å². The molecule has 0 unspecified atom stereocenters. The molecule has 0 bridgehead atoms. The van der Waals surface area contributed by atoms with E-state index in [2.05, 4.69) is 41.5 Å². The van der Waals surface area contributed by atoms with Gasteiger partial charge in [-0.3, -0.25) is 0 Å². The van der Waals surface area contributed by atoms with E-state index in [1.54, 1.807) is 11.8 Å². The Balaban J connectivity index is 3.48. The van der Waals surface area contributed by atoms with Crippen molar-refractivity contribution in [2.45, 2.75) is 46.3 Å². The zero-order chi connectivity index (χ0) is 15.9. The van der Waals surface area contributed by atoms with Crippen LogP contribution in [-0.2, 0) is 19.1 Å². The van der Waals surface area contributed by atoms with Gasteiger partial charge in [0.25, 0.3) is 0 Å². The Labute approximate surface area is 125 Å². The molecular weight excluding hydrogens is 276 g/mol. The Kier molecular flexibility index (Phi) is 4.35. The van der Waals surface area contributed by atoms with Crippen LogP contribution in [0.1, 0.15) is 41.5 Å². The second-order valence-electron chi connectivity index (χ2n) is 6.97. The molecule has 0 aromatic rings. The Morgan fingerprint density at radius 1 is 0.900 bits per heavy atom. The zero-order valence-corrected chi connectivity index (χ0v) is 14.4. The molecule has 5 heteroatoms. The van der Waals surface area contributed by atoms with Gasteiger partial charge in [0.2, 0.25) is 0 Å².